The van der Waals surface area contributed by atoms with Crippen molar-refractivity contribution in [3.8, 4) is 33.7 Å². The second-order valence-electron chi connectivity index (χ2n) is 6.12. The Hall–Kier alpha value is -3.72. The van der Waals surface area contributed by atoms with Crippen LogP contribution in [0.3, 0.4) is 0 Å². The van der Waals surface area contributed by atoms with Crippen molar-refractivity contribution in [3.05, 3.63) is 65.3 Å². The number of carbonyl (C=O) groups is 1. The predicted molar refractivity (Wildman–Crippen MR) is 104 cm³/mol. The van der Waals surface area contributed by atoms with E-state index in [2.05, 4.69) is 15.5 Å². The molecule has 0 saturated heterocycles. The number of carbonyl (C=O) groups excluding carboxylic acids is 1. The molecule has 0 bridgehead atoms. The highest BCUT2D eigenvalue weighted by atomic mass is 32.1. The third-order valence-corrected chi connectivity index (χ3v) is 5.17. The van der Waals surface area contributed by atoms with Gasteiger partial charge in [-0.1, -0.05) is 5.16 Å². The van der Waals surface area contributed by atoms with E-state index in [1.807, 2.05) is 5.38 Å². The molecule has 1 aliphatic rings. The topological polar surface area (TPSA) is 86.5 Å². The molecule has 1 aliphatic heterocycles. The van der Waals surface area contributed by atoms with Crippen molar-refractivity contribution in [3.63, 3.8) is 0 Å². The lowest BCUT2D eigenvalue weighted by Crippen LogP contribution is -2.11. The monoisotopic (exact) mass is 409 g/mol. The summed E-state index contributed by atoms with van der Waals surface area (Å²) in [5.74, 6) is 1.09. The van der Waals surface area contributed by atoms with Crippen LogP contribution < -0.4 is 14.8 Å². The Balaban J connectivity index is 1.39. The molecule has 4 aromatic rings. The standard InChI is InChI=1S/C20H12FN3O4S/c21-13-4-1-11(2-5-13)18-23-20(28-24-18)17-14(7-8-29-17)22-19(25)12-3-6-15-16(9-12)27-10-26-15/h1-9H,10H2,(H,22,25). The van der Waals surface area contributed by atoms with Crippen molar-refractivity contribution < 1.29 is 23.2 Å². The third kappa shape index (κ3) is 3.32. The van der Waals surface area contributed by atoms with Crippen LogP contribution >= 0.6 is 11.3 Å². The number of thiophene rings is 1. The fourth-order valence-electron chi connectivity index (χ4n) is 2.84. The Morgan fingerprint density at radius 2 is 1.90 bits per heavy atom. The molecular weight excluding hydrogens is 397 g/mol. The van der Waals surface area contributed by atoms with Crippen molar-refractivity contribution in [1.29, 1.82) is 0 Å². The molecule has 1 amide bonds. The smallest absolute Gasteiger partial charge is 0.270 e. The van der Waals surface area contributed by atoms with Gasteiger partial charge in [-0.05, 0) is 53.9 Å². The van der Waals surface area contributed by atoms with Gasteiger partial charge >= 0.3 is 0 Å². The maximum absolute atomic E-state index is 13.1. The molecule has 0 atom stereocenters. The minimum atomic E-state index is -0.343. The minimum Gasteiger partial charge on any atom is -0.454 e. The lowest BCUT2D eigenvalue weighted by molar-refractivity contribution is 0.102. The number of fused-ring (bicyclic) bond motifs is 1. The minimum absolute atomic E-state index is 0.142. The molecule has 0 saturated carbocycles. The van der Waals surface area contributed by atoms with E-state index in [1.165, 1.54) is 23.5 Å². The van der Waals surface area contributed by atoms with Gasteiger partial charge in [0.25, 0.3) is 11.8 Å². The maximum Gasteiger partial charge on any atom is 0.270 e. The number of amides is 1. The van der Waals surface area contributed by atoms with Crippen LogP contribution in [0.25, 0.3) is 22.2 Å². The first-order chi connectivity index (χ1) is 14.2. The summed E-state index contributed by atoms with van der Waals surface area (Å²) in [7, 11) is 0. The summed E-state index contributed by atoms with van der Waals surface area (Å²) >= 11 is 1.36. The van der Waals surface area contributed by atoms with Gasteiger partial charge in [-0.25, -0.2) is 4.39 Å². The van der Waals surface area contributed by atoms with E-state index >= 15 is 0 Å². The number of nitrogens with one attached hydrogen (secondary N) is 1. The number of benzene rings is 2. The number of nitrogens with zero attached hydrogens (tertiary/aromatic N) is 2. The first-order valence-electron chi connectivity index (χ1n) is 8.56. The van der Waals surface area contributed by atoms with Gasteiger partial charge in [-0.15, -0.1) is 11.3 Å². The molecule has 0 spiro atoms. The molecule has 29 heavy (non-hydrogen) atoms. The summed E-state index contributed by atoms with van der Waals surface area (Å²) < 4.78 is 29.0. The van der Waals surface area contributed by atoms with Crippen LogP contribution in [-0.4, -0.2) is 22.8 Å². The van der Waals surface area contributed by atoms with Crippen LogP contribution in [0.1, 0.15) is 10.4 Å². The zero-order valence-corrected chi connectivity index (χ0v) is 15.5. The van der Waals surface area contributed by atoms with Gasteiger partial charge in [-0.2, -0.15) is 4.98 Å². The third-order valence-electron chi connectivity index (χ3n) is 4.27. The van der Waals surface area contributed by atoms with Crippen molar-refractivity contribution in [1.82, 2.24) is 10.1 Å². The van der Waals surface area contributed by atoms with E-state index < -0.39 is 0 Å². The quantitative estimate of drug-likeness (QED) is 0.531. The highest BCUT2D eigenvalue weighted by molar-refractivity contribution is 7.14. The Morgan fingerprint density at radius 3 is 2.76 bits per heavy atom. The van der Waals surface area contributed by atoms with E-state index in [0.29, 0.717) is 39.0 Å². The summed E-state index contributed by atoms with van der Waals surface area (Å²) in [6, 6.07) is 12.5. The first kappa shape index (κ1) is 17.4. The first-order valence-corrected chi connectivity index (χ1v) is 9.44. The molecule has 144 valence electrons. The van der Waals surface area contributed by atoms with E-state index in [-0.39, 0.29) is 24.4 Å². The number of aromatic nitrogens is 2. The van der Waals surface area contributed by atoms with E-state index in [9.17, 15) is 9.18 Å². The molecule has 7 nitrogen and oxygen atoms in total. The van der Waals surface area contributed by atoms with Gasteiger partial charge in [0.05, 0.1) is 5.69 Å². The molecule has 0 fully saturated rings. The van der Waals surface area contributed by atoms with Crippen LogP contribution in [0.2, 0.25) is 0 Å². The molecule has 1 N–H and O–H groups in total. The second-order valence-corrected chi connectivity index (χ2v) is 7.03. The molecule has 5 rings (SSSR count). The van der Waals surface area contributed by atoms with Crippen molar-refractivity contribution in [2.45, 2.75) is 0 Å². The number of hydrogen-bond acceptors (Lipinski definition) is 7. The van der Waals surface area contributed by atoms with Crippen LogP contribution in [-0.2, 0) is 0 Å². The van der Waals surface area contributed by atoms with Crippen LogP contribution in [0.15, 0.2) is 58.4 Å². The van der Waals surface area contributed by atoms with E-state index in [1.54, 1.807) is 36.4 Å². The average molecular weight is 409 g/mol. The SMILES string of the molecule is O=C(Nc1ccsc1-c1nc(-c2ccc(F)cc2)no1)c1ccc2c(c1)OCO2. The number of rotatable bonds is 4. The van der Waals surface area contributed by atoms with Crippen molar-refractivity contribution in [2.75, 3.05) is 12.1 Å². The van der Waals surface area contributed by atoms with E-state index in [0.717, 1.165) is 0 Å². The second kappa shape index (κ2) is 7.02. The number of halogens is 1. The lowest BCUT2D eigenvalue weighted by Gasteiger charge is -2.05. The van der Waals surface area contributed by atoms with Crippen LogP contribution in [0.5, 0.6) is 11.5 Å². The highest BCUT2D eigenvalue weighted by Gasteiger charge is 2.20. The van der Waals surface area contributed by atoms with Gasteiger partial charge < -0.3 is 19.3 Å². The molecule has 2 aromatic carbocycles. The number of hydrogen-bond donors (Lipinski definition) is 1. The molecular formula is C20H12FN3O4S. The van der Waals surface area contributed by atoms with Gasteiger partial charge in [0, 0.05) is 11.1 Å². The van der Waals surface area contributed by atoms with E-state index in [4.69, 9.17) is 14.0 Å². The summed E-state index contributed by atoms with van der Waals surface area (Å²) in [6.45, 7) is 0.142. The Morgan fingerprint density at radius 1 is 1.07 bits per heavy atom. The summed E-state index contributed by atoms with van der Waals surface area (Å²) in [5, 5.41) is 8.61. The normalized spacial score (nSPS) is 12.2. The molecule has 9 heteroatoms. The molecule has 0 unspecified atom stereocenters. The van der Waals surface area contributed by atoms with Gasteiger partial charge in [0.15, 0.2) is 11.5 Å². The number of ether oxygens (including phenoxy) is 2. The molecule has 3 heterocycles. The average Bonchev–Trinajstić information content (AvgIpc) is 3.48. The highest BCUT2D eigenvalue weighted by Crippen LogP contribution is 2.35. The Bertz CT molecular complexity index is 1200. The Kier molecular flexibility index (Phi) is 4.21. The maximum atomic E-state index is 13.1. The number of anilines is 1. The largest absolute Gasteiger partial charge is 0.454 e. The van der Waals surface area contributed by atoms with Gasteiger partial charge in [0.2, 0.25) is 12.6 Å². The van der Waals surface area contributed by atoms with Crippen molar-refractivity contribution >= 4 is 22.9 Å². The van der Waals surface area contributed by atoms with Crippen molar-refractivity contribution in [2.24, 2.45) is 0 Å². The summed E-state index contributed by atoms with van der Waals surface area (Å²) in [4.78, 5) is 17.6. The molecule has 0 aliphatic carbocycles. The summed E-state index contributed by atoms with van der Waals surface area (Å²) in [5.41, 5.74) is 1.61. The fourth-order valence-corrected chi connectivity index (χ4v) is 3.61. The van der Waals surface area contributed by atoms with Gasteiger partial charge in [0.1, 0.15) is 10.7 Å². The lowest BCUT2D eigenvalue weighted by atomic mass is 10.2. The Labute approximate surface area is 167 Å². The zero-order valence-electron chi connectivity index (χ0n) is 14.7. The van der Waals surface area contributed by atoms with Gasteiger partial charge in [-0.3, -0.25) is 4.79 Å². The predicted octanol–water partition coefficient (Wildman–Crippen LogP) is 4.59. The van der Waals surface area contributed by atoms with Crippen LogP contribution in [0, 0.1) is 5.82 Å². The van der Waals surface area contributed by atoms with Crippen LogP contribution in [0.4, 0.5) is 10.1 Å². The fraction of sp³-hybridized carbons (Fsp3) is 0.0500. The molecule has 2 aromatic heterocycles. The molecule has 0 radical (unpaired) electrons. The summed E-state index contributed by atoms with van der Waals surface area (Å²) in [6.07, 6.45) is 0. The zero-order chi connectivity index (χ0) is 19.8.